The summed E-state index contributed by atoms with van der Waals surface area (Å²) in [5, 5.41) is 22.4. The van der Waals surface area contributed by atoms with E-state index in [0.29, 0.717) is 24.0 Å². The molecule has 1 amide bonds. The Labute approximate surface area is 195 Å². The van der Waals surface area contributed by atoms with Crippen LogP contribution in [0.15, 0.2) is 48.1 Å². The first-order chi connectivity index (χ1) is 16.2. The molecule has 0 bridgehead atoms. The molecular weight excluding hydrogens is 438 g/mol. The monoisotopic (exact) mass is 463 g/mol. The molecule has 0 radical (unpaired) electrons. The Morgan fingerprint density at radius 2 is 2.12 bits per heavy atom. The van der Waals surface area contributed by atoms with Crippen molar-refractivity contribution in [3.63, 3.8) is 0 Å². The number of carbonyl (C=O) groups excluding carboxylic acids is 1. The highest BCUT2D eigenvalue weighted by Gasteiger charge is 2.16. The molecule has 170 valence electrons. The van der Waals surface area contributed by atoms with E-state index < -0.39 is 5.91 Å². The van der Waals surface area contributed by atoms with Crippen molar-refractivity contribution in [2.45, 2.75) is 25.9 Å². The number of ether oxygens (including phenoxy) is 1. The summed E-state index contributed by atoms with van der Waals surface area (Å²) in [7, 11) is 0. The second-order valence-corrected chi connectivity index (χ2v) is 9.01. The number of aromatic nitrogens is 4. The van der Waals surface area contributed by atoms with Crippen molar-refractivity contribution in [1.29, 1.82) is 0 Å². The lowest BCUT2D eigenvalue weighted by Crippen LogP contribution is -2.20. The van der Waals surface area contributed by atoms with Crippen molar-refractivity contribution >= 4 is 44.5 Å². The standard InChI is InChI=1S/C23H25N7O2S/c24-23(31)21-19(25-11-17-3-1-2-16-6-9-33-22(16)17)10-20(28-29-21)27-18-12-26-30(14-18)13-15-4-7-32-8-5-15/h1-3,6,9-10,12,14-15H,4-5,7-8,11,13H2,(H2,24,31)(H2,25,27,28). The SMILES string of the molecule is NC(=O)c1nnc(Nc2cnn(CC3CCOCC3)c2)cc1NCc1cccc2ccsc12. The van der Waals surface area contributed by atoms with E-state index >= 15 is 0 Å². The number of carbonyl (C=O) groups is 1. The Kier molecular flexibility index (Phi) is 6.18. The molecule has 1 saturated heterocycles. The molecule has 4 heterocycles. The maximum Gasteiger partial charge on any atom is 0.271 e. The van der Waals surface area contributed by atoms with Crippen LogP contribution in [0.5, 0.6) is 0 Å². The van der Waals surface area contributed by atoms with Gasteiger partial charge in [0.15, 0.2) is 11.5 Å². The minimum absolute atomic E-state index is 0.106. The Morgan fingerprint density at radius 3 is 2.97 bits per heavy atom. The molecule has 0 atom stereocenters. The molecule has 1 aliphatic heterocycles. The van der Waals surface area contributed by atoms with Gasteiger partial charge in [-0.2, -0.15) is 5.10 Å². The molecule has 0 spiro atoms. The summed E-state index contributed by atoms with van der Waals surface area (Å²) in [4.78, 5) is 11.9. The van der Waals surface area contributed by atoms with Crippen molar-refractivity contribution in [2.75, 3.05) is 23.8 Å². The van der Waals surface area contributed by atoms with Gasteiger partial charge in [-0.25, -0.2) is 0 Å². The number of fused-ring (bicyclic) bond motifs is 1. The van der Waals surface area contributed by atoms with E-state index in [-0.39, 0.29) is 5.69 Å². The molecule has 1 fully saturated rings. The van der Waals surface area contributed by atoms with E-state index in [0.717, 1.165) is 43.9 Å². The zero-order valence-corrected chi connectivity index (χ0v) is 18.8. The quantitative estimate of drug-likeness (QED) is 0.364. The third-order valence-corrected chi connectivity index (χ3v) is 6.75. The third kappa shape index (κ3) is 4.96. The number of primary amides is 1. The highest BCUT2D eigenvalue weighted by atomic mass is 32.1. The summed E-state index contributed by atoms with van der Waals surface area (Å²) >= 11 is 1.69. The molecule has 5 rings (SSSR count). The van der Waals surface area contributed by atoms with Crippen LogP contribution in [-0.4, -0.2) is 39.1 Å². The van der Waals surface area contributed by atoms with Crippen LogP contribution in [0, 0.1) is 5.92 Å². The zero-order chi connectivity index (χ0) is 22.6. The fourth-order valence-electron chi connectivity index (χ4n) is 4.02. The lowest BCUT2D eigenvalue weighted by atomic mass is 10.0. The number of benzene rings is 1. The third-order valence-electron chi connectivity index (χ3n) is 5.75. The van der Waals surface area contributed by atoms with Gasteiger partial charge in [0.1, 0.15) is 0 Å². The van der Waals surface area contributed by atoms with Gasteiger partial charge in [-0.1, -0.05) is 18.2 Å². The summed E-state index contributed by atoms with van der Waals surface area (Å²) in [6, 6.07) is 10.0. The molecule has 3 aromatic heterocycles. The molecular formula is C23H25N7O2S. The summed E-state index contributed by atoms with van der Waals surface area (Å²) in [6.07, 6.45) is 5.81. The van der Waals surface area contributed by atoms with Gasteiger partial charge in [-0.15, -0.1) is 21.5 Å². The van der Waals surface area contributed by atoms with Crippen LogP contribution < -0.4 is 16.4 Å². The molecule has 0 aliphatic carbocycles. The topological polar surface area (TPSA) is 120 Å². The minimum atomic E-state index is -0.629. The molecule has 33 heavy (non-hydrogen) atoms. The van der Waals surface area contributed by atoms with Crippen LogP contribution in [0.25, 0.3) is 10.1 Å². The Morgan fingerprint density at radius 1 is 1.24 bits per heavy atom. The first-order valence-corrected chi connectivity index (χ1v) is 11.8. The number of thiophene rings is 1. The van der Waals surface area contributed by atoms with Gasteiger partial charge in [0.25, 0.3) is 5.91 Å². The van der Waals surface area contributed by atoms with Crippen molar-refractivity contribution < 1.29 is 9.53 Å². The predicted molar refractivity (Wildman–Crippen MR) is 129 cm³/mol. The number of hydrogen-bond donors (Lipinski definition) is 3. The lowest BCUT2D eigenvalue weighted by molar-refractivity contribution is 0.0601. The van der Waals surface area contributed by atoms with E-state index in [1.807, 2.05) is 16.9 Å². The summed E-state index contributed by atoms with van der Waals surface area (Å²) in [5.41, 5.74) is 8.11. The summed E-state index contributed by atoms with van der Waals surface area (Å²) in [6.45, 7) is 3.02. The zero-order valence-electron chi connectivity index (χ0n) is 18.0. The first-order valence-electron chi connectivity index (χ1n) is 10.9. The van der Waals surface area contributed by atoms with Crippen molar-refractivity contribution in [3.05, 3.63) is 59.4 Å². The maximum atomic E-state index is 11.9. The number of nitrogens with zero attached hydrogens (tertiary/aromatic N) is 4. The number of nitrogens with two attached hydrogens (primary N) is 1. The number of amides is 1. The molecule has 1 aromatic carbocycles. The van der Waals surface area contributed by atoms with Gasteiger partial charge in [-0.3, -0.25) is 9.48 Å². The lowest BCUT2D eigenvalue weighted by Gasteiger charge is -2.21. The molecule has 4 aromatic rings. The van der Waals surface area contributed by atoms with E-state index in [9.17, 15) is 4.79 Å². The summed E-state index contributed by atoms with van der Waals surface area (Å²) < 4.78 is 8.57. The molecule has 1 aliphatic rings. The fourth-order valence-corrected chi connectivity index (χ4v) is 4.94. The number of nitrogens with one attached hydrogen (secondary N) is 2. The van der Waals surface area contributed by atoms with Gasteiger partial charge in [0.05, 0.1) is 17.6 Å². The molecule has 0 saturated carbocycles. The maximum absolute atomic E-state index is 11.9. The normalized spacial score (nSPS) is 14.4. The highest BCUT2D eigenvalue weighted by molar-refractivity contribution is 7.17. The van der Waals surface area contributed by atoms with Crippen LogP contribution in [0.2, 0.25) is 0 Å². The largest absolute Gasteiger partial charge is 0.381 e. The van der Waals surface area contributed by atoms with Crippen LogP contribution in [0.3, 0.4) is 0 Å². The van der Waals surface area contributed by atoms with E-state index in [2.05, 4.69) is 49.5 Å². The predicted octanol–water partition coefficient (Wildman–Crippen LogP) is 3.77. The average Bonchev–Trinajstić information content (AvgIpc) is 3.48. The Bertz CT molecular complexity index is 1260. The first kappa shape index (κ1) is 21.4. The molecule has 0 unspecified atom stereocenters. The van der Waals surface area contributed by atoms with Crippen LogP contribution >= 0.6 is 11.3 Å². The van der Waals surface area contributed by atoms with Gasteiger partial charge < -0.3 is 21.1 Å². The van der Waals surface area contributed by atoms with Gasteiger partial charge in [0.2, 0.25) is 0 Å². The van der Waals surface area contributed by atoms with Crippen LogP contribution in [0.4, 0.5) is 17.2 Å². The van der Waals surface area contributed by atoms with Crippen molar-refractivity contribution in [1.82, 2.24) is 20.0 Å². The number of anilines is 3. The van der Waals surface area contributed by atoms with Crippen molar-refractivity contribution in [2.24, 2.45) is 11.7 Å². The van der Waals surface area contributed by atoms with Gasteiger partial charge >= 0.3 is 0 Å². The second-order valence-electron chi connectivity index (χ2n) is 8.10. The Balaban J connectivity index is 1.30. The molecule has 9 nitrogen and oxygen atoms in total. The van der Waals surface area contributed by atoms with Crippen molar-refractivity contribution in [3.8, 4) is 0 Å². The smallest absolute Gasteiger partial charge is 0.271 e. The molecule has 10 heteroatoms. The van der Waals surface area contributed by atoms with Crippen LogP contribution in [-0.2, 0) is 17.8 Å². The van der Waals surface area contributed by atoms with E-state index in [4.69, 9.17) is 10.5 Å². The van der Waals surface area contributed by atoms with E-state index in [1.54, 1.807) is 23.6 Å². The van der Waals surface area contributed by atoms with Crippen LogP contribution in [0.1, 0.15) is 28.9 Å². The minimum Gasteiger partial charge on any atom is -0.381 e. The number of rotatable bonds is 8. The average molecular weight is 464 g/mol. The fraction of sp³-hybridized carbons (Fsp3) is 0.304. The Hall–Kier alpha value is -3.50. The number of hydrogen-bond acceptors (Lipinski definition) is 8. The second kappa shape index (κ2) is 9.55. The van der Waals surface area contributed by atoms with Gasteiger partial charge in [-0.05, 0) is 41.2 Å². The molecule has 4 N–H and O–H groups in total. The highest BCUT2D eigenvalue weighted by Crippen LogP contribution is 2.26. The summed E-state index contributed by atoms with van der Waals surface area (Å²) in [5.74, 6) is 0.447. The van der Waals surface area contributed by atoms with Gasteiger partial charge in [0, 0.05) is 43.3 Å². The van der Waals surface area contributed by atoms with E-state index in [1.165, 1.54) is 10.1 Å².